The molecule has 0 aliphatic heterocycles. The Morgan fingerprint density at radius 1 is 1.19 bits per heavy atom. The zero-order valence-corrected chi connectivity index (χ0v) is 12.0. The first-order valence-electron chi connectivity index (χ1n) is 6.66. The summed E-state index contributed by atoms with van der Waals surface area (Å²) in [5.74, 6) is -1.10. The Bertz CT molecular complexity index is 632. The molecule has 0 amide bonds. The average Bonchev–Trinajstić information content (AvgIpc) is 2.47. The molecular formula is C17H18O4. The fourth-order valence-electron chi connectivity index (χ4n) is 2.23. The van der Waals surface area contributed by atoms with Gasteiger partial charge in [-0.3, -0.25) is 4.79 Å². The summed E-state index contributed by atoms with van der Waals surface area (Å²) in [6.07, 6.45) is 0.342. The highest BCUT2D eigenvalue weighted by molar-refractivity contribution is 5.76. The molecule has 0 heterocycles. The van der Waals surface area contributed by atoms with Crippen LogP contribution < -0.4 is 4.74 Å². The van der Waals surface area contributed by atoms with Gasteiger partial charge in [-0.1, -0.05) is 35.9 Å². The summed E-state index contributed by atoms with van der Waals surface area (Å²) in [6.45, 7) is 1.96. The van der Waals surface area contributed by atoms with Crippen LogP contribution in [0.4, 0.5) is 0 Å². The lowest BCUT2D eigenvalue weighted by atomic mass is 9.91. The molecule has 0 spiro atoms. The maximum absolute atomic E-state index is 11.5. The van der Waals surface area contributed by atoms with Crippen molar-refractivity contribution in [3.05, 3.63) is 59.2 Å². The average molecular weight is 286 g/mol. The summed E-state index contributed by atoms with van der Waals surface area (Å²) in [5, 5.41) is 19.0. The van der Waals surface area contributed by atoms with Gasteiger partial charge >= 0.3 is 5.97 Å². The van der Waals surface area contributed by atoms with Gasteiger partial charge in [0.15, 0.2) is 11.5 Å². The normalized spacial score (nSPS) is 11.9. The van der Waals surface area contributed by atoms with Crippen molar-refractivity contribution in [3.8, 4) is 11.5 Å². The summed E-state index contributed by atoms with van der Waals surface area (Å²) in [4.78, 5) is 11.5. The molecule has 1 atom stereocenters. The van der Waals surface area contributed by atoms with Crippen LogP contribution in [0, 0.1) is 6.92 Å². The lowest BCUT2D eigenvalue weighted by Gasteiger charge is -2.14. The van der Waals surface area contributed by atoms with E-state index in [-0.39, 0.29) is 5.75 Å². The minimum atomic E-state index is -0.870. The van der Waals surface area contributed by atoms with Crippen molar-refractivity contribution in [1.82, 2.24) is 0 Å². The van der Waals surface area contributed by atoms with E-state index in [1.54, 1.807) is 12.1 Å². The molecule has 4 heteroatoms. The predicted molar refractivity (Wildman–Crippen MR) is 79.9 cm³/mol. The van der Waals surface area contributed by atoms with Crippen LogP contribution in [0.25, 0.3) is 0 Å². The summed E-state index contributed by atoms with van der Waals surface area (Å²) in [7, 11) is 1.47. The van der Waals surface area contributed by atoms with Gasteiger partial charge in [0.25, 0.3) is 0 Å². The summed E-state index contributed by atoms with van der Waals surface area (Å²) >= 11 is 0. The predicted octanol–water partition coefficient (Wildman–Crippen LogP) is 3.12. The second kappa shape index (κ2) is 6.31. The van der Waals surface area contributed by atoms with Crippen LogP contribution in [0.2, 0.25) is 0 Å². The molecule has 0 saturated heterocycles. The largest absolute Gasteiger partial charge is 0.504 e. The first-order valence-corrected chi connectivity index (χ1v) is 6.66. The Balaban J connectivity index is 2.28. The van der Waals surface area contributed by atoms with E-state index in [0.29, 0.717) is 12.2 Å². The molecule has 2 rings (SSSR count). The molecular weight excluding hydrogens is 268 g/mol. The Morgan fingerprint density at radius 3 is 2.43 bits per heavy atom. The molecule has 0 bridgehead atoms. The Morgan fingerprint density at radius 2 is 1.86 bits per heavy atom. The van der Waals surface area contributed by atoms with Crippen molar-refractivity contribution < 1.29 is 19.7 Å². The number of benzene rings is 2. The molecule has 0 aromatic heterocycles. The molecule has 2 aromatic rings. The summed E-state index contributed by atoms with van der Waals surface area (Å²) in [5.41, 5.74) is 2.66. The van der Waals surface area contributed by atoms with Crippen LogP contribution in [0.3, 0.4) is 0 Å². The smallest absolute Gasteiger partial charge is 0.311 e. The van der Waals surface area contributed by atoms with Gasteiger partial charge in [-0.05, 0) is 36.6 Å². The second-order valence-electron chi connectivity index (χ2n) is 5.01. The fourth-order valence-corrected chi connectivity index (χ4v) is 2.23. The van der Waals surface area contributed by atoms with E-state index in [1.165, 1.54) is 13.2 Å². The van der Waals surface area contributed by atoms with Gasteiger partial charge in [0.1, 0.15) is 0 Å². The zero-order valence-electron chi connectivity index (χ0n) is 12.0. The van der Waals surface area contributed by atoms with E-state index >= 15 is 0 Å². The van der Waals surface area contributed by atoms with Crippen LogP contribution >= 0.6 is 0 Å². The molecule has 110 valence electrons. The number of phenols is 1. The topological polar surface area (TPSA) is 66.8 Å². The molecule has 0 fully saturated rings. The molecule has 0 aliphatic rings. The number of phenolic OH excluding ortho intramolecular Hbond substituents is 1. The zero-order chi connectivity index (χ0) is 15.4. The monoisotopic (exact) mass is 286 g/mol. The van der Waals surface area contributed by atoms with Crippen LogP contribution in [0.1, 0.15) is 22.6 Å². The molecule has 0 saturated carbocycles. The Kier molecular flexibility index (Phi) is 4.48. The molecule has 21 heavy (non-hydrogen) atoms. The number of rotatable bonds is 5. The maximum atomic E-state index is 11.5. The number of methoxy groups -OCH3 is 1. The van der Waals surface area contributed by atoms with Crippen molar-refractivity contribution in [1.29, 1.82) is 0 Å². The van der Waals surface area contributed by atoms with E-state index in [0.717, 1.165) is 16.7 Å². The molecule has 0 radical (unpaired) electrons. The number of ether oxygens (including phenoxy) is 1. The van der Waals surface area contributed by atoms with E-state index < -0.39 is 11.9 Å². The third-order valence-electron chi connectivity index (χ3n) is 3.46. The number of carboxylic acid groups (broad SMARTS) is 1. The number of carboxylic acids is 1. The number of hydrogen-bond acceptors (Lipinski definition) is 3. The Labute approximate surface area is 123 Å². The van der Waals surface area contributed by atoms with E-state index in [9.17, 15) is 15.0 Å². The quantitative estimate of drug-likeness (QED) is 0.886. The molecule has 0 aliphatic carbocycles. The van der Waals surface area contributed by atoms with Crippen LogP contribution in [-0.2, 0) is 11.2 Å². The van der Waals surface area contributed by atoms with Gasteiger partial charge in [-0.15, -0.1) is 0 Å². The third-order valence-corrected chi connectivity index (χ3v) is 3.46. The van der Waals surface area contributed by atoms with E-state index in [4.69, 9.17) is 4.74 Å². The number of aryl methyl sites for hydroxylation is 1. The van der Waals surface area contributed by atoms with E-state index in [2.05, 4.69) is 0 Å². The van der Waals surface area contributed by atoms with Crippen LogP contribution in [0.5, 0.6) is 11.5 Å². The molecule has 2 aromatic carbocycles. The SMILES string of the molecule is COc1cc(CC(C(=O)O)c2ccc(C)cc2)ccc1O. The van der Waals surface area contributed by atoms with Gasteiger partial charge < -0.3 is 14.9 Å². The highest BCUT2D eigenvalue weighted by Crippen LogP contribution is 2.29. The number of aliphatic carboxylic acids is 1. The molecule has 1 unspecified atom stereocenters. The number of hydrogen-bond donors (Lipinski definition) is 2. The summed E-state index contributed by atoms with van der Waals surface area (Å²) < 4.78 is 5.05. The number of aromatic hydroxyl groups is 1. The van der Waals surface area contributed by atoms with Gasteiger partial charge in [-0.25, -0.2) is 0 Å². The van der Waals surface area contributed by atoms with Gasteiger partial charge in [0.2, 0.25) is 0 Å². The van der Waals surface area contributed by atoms with Crippen LogP contribution in [0.15, 0.2) is 42.5 Å². The highest BCUT2D eigenvalue weighted by atomic mass is 16.5. The lowest BCUT2D eigenvalue weighted by molar-refractivity contribution is -0.138. The van der Waals surface area contributed by atoms with Crippen molar-refractivity contribution in [2.24, 2.45) is 0 Å². The van der Waals surface area contributed by atoms with Gasteiger partial charge in [-0.2, -0.15) is 0 Å². The van der Waals surface area contributed by atoms with Crippen molar-refractivity contribution in [3.63, 3.8) is 0 Å². The fraction of sp³-hybridized carbons (Fsp3) is 0.235. The molecule has 2 N–H and O–H groups in total. The minimum absolute atomic E-state index is 0.0449. The first kappa shape index (κ1) is 14.9. The van der Waals surface area contributed by atoms with Gasteiger partial charge in [0, 0.05) is 0 Å². The van der Waals surface area contributed by atoms with Gasteiger partial charge in [0.05, 0.1) is 13.0 Å². The summed E-state index contributed by atoms with van der Waals surface area (Å²) in [6, 6.07) is 12.4. The van der Waals surface area contributed by atoms with Crippen LogP contribution in [-0.4, -0.2) is 23.3 Å². The standard InChI is InChI=1S/C17H18O4/c1-11-3-6-13(7-4-11)14(17(19)20)9-12-5-8-15(18)16(10-12)21-2/h3-8,10,14,18H,9H2,1-2H3,(H,19,20). The second-order valence-corrected chi connectivity index (χ2v) is 5.01. The maximum Gasteiger partial charge on any atom is 0.311 e. The number of carbonyl (C=O) groups is 1. The van der Waals surface area contributed by atoms with E-state index in [1.807, 2.05) is 31.2 Å². The lowest BCUT2D eigenvalue weighted by Crippen LogP contribution is -2.14. The molecule has 4 nitrogen and oxygen atoms in total. The van der Waals surface area contributed by atoms with Crippen molar-refractivity contribution in [2.75, 3.05) is 7.11 Å². The first-order chi connectivity index (χ1) is 10.0. The Hall–Kier alpha value is -2.49. The minimum Gasteiger partial charge on any atom is -0.504 e. The third kappa shape index (κ3) is 3.54. The van der Waals surface area contributed by atoms with Crippen molar-refractivity contribution in [2.45, 2.75) is 19.3 Å². The van der Waals surface area contributed by atoms with Crippen molar-refractivity contribution >= 4 is 5.97 Å². The highest BCUT2D eigenvalue weighted by Gasteiger charge is 2.20.